The van der Waals surface area contributed by atoms with Crippen LogP contribution >= 0.6 is 0 Å². The third-order valence-electron chi connectivity index (χ3n) is 3.27. The van der Waals surface area contributed by atoms with Crippen LogP contribution in [-0.2, 0) is 6.54 Å². The molecule has 0 aromatic carbocycles. The van der Waals surface area contributed by atoms with E-state index in [-0.39, 0.29) is 0 Å². The maximum Gasteiger partial charge on any atom is 0.244 e. The molecule has 1 aliphatic carbocycles. The first-order chi connectivity index (χ1) is 9.40. The van der Waals surface area contributed by atoms with E-state index in [0.29, 0.717) is 24.4 Å². The number of nitrogens with zero attached hydrogens (tertiary/aromatic N) is 3. The SMILES string of the molecule is c1coc(CNc2cnnc(NC3CCCC3)n2)c1. The first-order valence-corrected chi connectivity index (χ1v) is 6.63. The smallest absolute Gasteiger partial charge is 0.244 e. The molecule has 1 fully saturated rings. The number of hydrogen-bond acceptors (Lipinski definition) is 6. The largest absolute Gasteiger partial charge is 0.467 e. The zero-order valence-corrected chi connectivity index (χ0v) is 10.7. The van der Waals surface area contributed by atoms with Gasteiger partial charge in [0.15, 0.2) is 5.82 Å². The molecule has 0 unspecified atom stereocenters. The monoisotopic (exact) mass is 259 g/mol. The van der Waals surface area contributed by atoms with Crippen molar-refractivity contribution in [3.63, 3.8) is 0 Å². The van der Waals surface area contributed by atoms with Crippen LogP contribution in [0.3, 0.4) is 0 Å². The molecule has 0 atom stereocenters. The average Bonchev–Trinajstić information content (AvgIpc) is 3.10. The molecule has 1 saturated carbocycles. The van der Waals surface area contributed by atoms with E-state index in [0.717, 1.165) is 5.76 Å². The molecule has 0 saturated heterocycles. The molecule has 6 heteroatoms. The van der Waals surface area contributed by atoms with Crippen LogP contribution in [0.1, 0.15) is 31.4 Å². The van der Waals surface area contributed by atoms with Gasteiger partial charge in [0, 0.05) is 6.04 Å². The molecule has 2 N–H and O–H groups in total. The molecule has 3 rings (SSSR count). The van der Waals surface area contributed by atoms with Crippen LogP contribution in [0.25, 0.3) is 0 Å². The van der Waals surface area contributed by atoms with Crippen LogP contribution in [0.4, 0.5) is 11.8 Å². The van der Waals surface area contributed by atoms with Crippen molar-refractivity contribution in [1.82, 2.24) is 15.2 Å². The van der Waals surface area contributed by atoms with E-state index in [1.54, 1.807) is 12.5 Å². The second kappa shape index (κ2) is 5.69. The fourth-order valence-electron chi connectivity index (χ4n) is 2.29. The van der Waals surface area contributed by atoms with Gasteiger partial charge >= 0.3 is 0 Å². The molecule has 2 aromatic heterocycles. The molecular weight excluding hydrogens is 242 g/mol. The second-order valence-corrected chi connectivity index (χ2v) is 4.72. The molecule has 100 valence electrons. The van der Waals surface area contributed by atoms with Crippen molar-refractivity contribution in [2.75, 3.05) is 10.6 Å². The van der Waals surface area contributed by atoms with E-state index in [2.05, 4.69) is 25.8 Å². The molecule has 2 aromatic rings. The van der Waals surface area contributed by atoms with Gasteiger partial charge < -0.3 is 15.1 Å². The summed E-state index contributed by atoms with van der Waals surface area (Å²) in [6.45, 7) is 0.592. The lowest BCUT2D eigenvalue weighted by molar-refractivity contribution is 0.517. The Labute approximate surface area is 111 Å². The van der Waals surface area contributed by atoms with E-state index in [9.17, 15) is 0 Å². The highest BCUT2D eigenvalue weighted by Crippen LogP contribution is 2.20. The number of anilines is 2. The highest BCUT2D eigenvalue weighted by molar-refractivity contribution is 5.37. The number of rotatable bonds is 5. The predicted octanol–water partition coefficient (Wildman–Crippen LogP) is 2.43. The summed E-state index contributed by atoms with van der Waals surface area (Å²) >= 11 is 0. The minimum absolute atomic E-state index is 0.488. The van der Waals surface area contributed by atoms with Gasteiger partial charge in [-0.05, 0) is 25.0 Å². The van der Waals surface area contributed by atoms with Crippen LogP contribution in [0.5, 0.6) is 0 Å². The van der Waals surface area contributed by atoms with Crippen molar-refractivity contribution in [3.8, 4) is 0 Å². The van der Waals surface area contributed by atoms with E-state index in [1.807, 2.05) is 12.1 Å². The van der Waals surface area contributed by atoms with Gasteiger partial charge in [-0.2, -0.15) is 10.1 Å². The summed E-state index contributed by atoms with van der Waals surface area (Å²) in [6, 6.07) is 4.27. The fraction of sp³-hybridized carbons (Fsp3) is 0.462. The molecule has 6 nitrogen and oxygen atoms in total. The van der Waals surface area contributed by atoms with Crippen LogP contribution in [0, 0.1) is 0 Å². The van der Waals surface area contributed by atoms with Crippen molar-refractivity contribution < 1.29 is 4.42 Å². The van der Waals surface area contributed by atoms with E-state index < -0.39 is 0 Å². The molecule has 19 heavy (non-hydrogen) atoms. The Hall–Kier alpha value is -2.11. The van der Waals surface area contributed by atoms with Gasteiger partial charge in [-0.3, -0.25) is 0 Å². The zero-order chi connectivity index (χ0) is 12.9. The molecule has 0 spiro atoms. The topological polar surface area (TPSA) is 75.9 Å². The predicted molar refractivity (Wildman–Crippen MR) is 71.7 cm³/mol. The summed E-state index contributed by atoms with van der Waals surface area (Å²) in [6.07, 6.45) is 8.20. The normalized spacial score (nSPS) is 15.6. The van der Waals surface area contributed by atoms with E-state index in [4.69, 9.17) is 4.42 Å². The van der Waals surface area contributed by atoms with E-state index in [1.165, 1.54) is 25.7 Å². The quantitative estimate of drug-likeness (QED) is 0.859. The van der Waals surface area contributed by atoms with Gasteiger partial charge in [-0.15, -0.1) is 5.10 Å². The van der Waals surface area contributed by atoms with Crippen molar-refractivity contribution >= 4 is 11.8 Å². The van der Waals surface area contributed by atoms with Crippen LogP contribution in [-0.4, -0.2) is 21.2 Å². The Morgan fingerprint density at radius 3 is 3.00 bits per heavy atom. The third kappa shape index (κ3) is 3.21. The maximum atomic E-state index is 5.25. The number of nitrogens with one attached hydrogen (secondary N) is 2. The third-order valence-corrected chi connectivity index (χ3v) is 3.27. The summed E-state index contributed by atoms with van der Waals surface area (Å²) in [5.41, 5.74) is 0. The second-order valence-electron chi connectivity index (χ2n) is 4.72. The Kier molecular flexibility index (Phi) is 3.58. The minimum Gasteiger partial charge on any atom is -0.467 e. The highest BCUT2D eigenvalue weighted by Gasteiger charge is 2.15. The Balaban J connectivity index is 1.59. The lowest BCUT2D eigenvalue weighted by Gasteiger charge is -2.11. The van der Waals surface area contributed by atoms with Crippen molar-refractivity contribution in [1.29, 1.82) is 0 Å². The van der Waals surface area contributed by atoms with Crippen LogP contribution in [0.15, 0.2) is 29.0 Å². The van der Waals surface area contributed by atoms with Gasteiger partial charge in [0.25, 0.3) is 0 Å². The maximum absolute atomic E-state index is 5.25. The first kappa shape index (κ1) is 12.0. The van der Waals surface area contributed by atoms with E-state index >= 15 is 0 Å². The highest BCUT2D eigenvalue weighted by atomic mass is 16.3. The average molecular weight is 259 g/mol. The van der Waals surface area contributed by atoms with Crippen LogP contribution < -0.4 is 10.6 Å². The molecule has 0 amide bonds. The van der Waals surface area contributed by atoms with Gasteiger partial charge in [0.1, 0.15) is 5.76 Å². The summed E-state index contributed by atoms with van der Waals surface area (Å²) < 4.78 is 5.25. The summed E-state index contributed by atoms with van der Waals surface area (Å²) in [4.78, 5) is 4.40. The lowest BCUT2D eigenvalue weighted by Crippen LogP contribution is -2.17. The Morgan fingerprint density at radius 2 is 2.21 bits per heavy atom. The van der Waals surface area contributed by atoms with Gasteiger partial charge in [-0.25, -0.2) is 0 Å². The van der Waals surface area contributed by atoms with Gasteiger partial charge in [-0.1, -0.05) is 12.8 Å². The molecule has 1 aliphatic rings. The summed E-state index contributed by atoms with van der Waals surface area (Å²) in [5.74, 6) is 2.16. The van der Waals surface area contributed by atoms with Crippen molar-refractivity contribution in [3.05, 3.63) is 30.4 Å². The minimum atomic E-state index is 0.488. The van der Waals surface area contributed by atoms with Crippen LogP contribution in [0.2, 0.25) is 0 Å². The fourth-order valence-corrected chi connectivity index (χ4v) is 2.29. The van der Waals surface area contributed by atoms with Gasteiger partial charge in [0.05, 0.1) is 19.0 Å². The Bertz CT molecular complexity index is 508. The molecule has 0 radical (unpaired) electrons. The Morgan fingerprint density at radius 1 is 1.32 bits per heavy atom. The van der Waals surface area contributed by atoms with Crippen molar-refractivity contribution in [2.45, 2.75) is 38.3 Å². The summed E-state index contributed by atoms with van der Waals surface area (Å²) in [7, 11) is 0. The first-order valence-electron chi connectivity index (χ1n) is 6.63. The number of furan rings is 1. The summed E-state index contributed by atoms with van der Waals surface area (Å²) in [5, 5.41) is 14.5. The zero-order valence-electron chi connectivity index (χ0n) is 10.7. The molecule has 0 bridgehead atoms. The number of aromatic nitrogens is 3. The number of hydrogen-bond donors (Lipinski definition) is 2. The standard InChI is InChI=1S/C13H17N5O/c1-2-5-10(4-1)16-13-17-12(9-15-18-13)14-8-11-6-3-7-19-11/h3,6-7,9-10H,1-2,4-5,8H2,(H2,14,16,17,18). The van der Waals surface area contributed by atoms with Gasteiger partial charge in [0.2, 0.25) is 5.95 Å². The lowest BCUT2D eigenvalue weighted by atomic mass is 10.3. The van der Waals surface area contributed by atoms with Crippen molar-refractivity contribution in [2.24, 2.45) is 0 Å². The molecular formula is C13H17N5O. The molecule has 0 aliphatic heterocycles. The molecule has 2 heterocycles.